The molecule has 100 valence electrons. The largest absolute Gasteiger partial charge is 0.477 e. The molecular weight excluding hydrogens is 265 g/mol. The second-order valence-corrected chi connectivity index (χ2v) is 3.66. The average Bonchev–Trinajstić information content (AvgIpc) is 2.67. The van der Waals surface area contributed by atoms with Gasteiger partial charge in [-0.2, -0.15) is 0 Å². The summed E-state index contributed by atoms with van der Waals surface area (Å²) in [7, 11) is 0. The first-order chi connectivity index (χ1) is 8.90. The van der Waals surface area contributed by atoms with Gasteiger partial charge >= 0.3 is 5.97 Å². The highest BCUT2D eigenvalue weighted by Crippen LogP contribution is 2.25. The zero-order valence-corrected chi connectivity index (χ0v) is 9.50. The third-order valence-corrected chi connectivity index (χ3v) is 2.32. The van der Waals surface area contributed by atoms with E-state index in [0.717, 1.165) is 0 Å². The van der Waals surface area contributed by atoms with Crippen molar-refractivity contribution in [3.05, 3.63) is 40.8 Å². The van der Waals surface area contributed by atoms with Gasteiger partial charge in [-0.1, -0.05) is 5.16 Å². The van der Waals surface area contributed by atoms with Gasteiger partial charge in [0.2, 0.25) is 5.88 Å². The predicted molar refractivity (Wildman–Crippen MR) is 57.8 cm³/mol. The summed E-state index contributed by atoms with van der Waals surface area (Å²) in [4.78, 5) is 10.9. The summed E-state index contributed by atoms with van der Waals surface area (Å²) in [6.07, 6.45) is 0. The van der Waals surface area contributed by atoms with Gasteiger partial charge in [0, 0.05) is 17.8 Å². The Labute approximate surface area is 104 Å². The summed E-state index contributed by atoms with van der Waals surface area (Å²) in [5.41, 5.74) is -0.377. The molecule has 0 radical (unpaired) electrons. The highest BCUT2D eigenvalue weighted by Gasteiger charge is 2.20. The van der Waals surface area contributed by atoms with Gasteiger partial charge in [-0.05, 0) is 6.92 Å². The minimum absolute atomic E-state index is 0.0954. The number of anilines is 2. The van der Waals surface area contributed by atoms with E-state index in [1.54, 1.807) is 0 Å². The molecule has 8 heteroatoms. The van der Waals surface area contributed by atoms with Crippen LogP contribution in [0.3, 0.4) is 0 Å². The predicted octanol–water partition coefficient (Wildman–Crippen LogP) is 2.84. The van der Waals surface area contributed by atoms with E-state index in [0.29, 0.717) is 12.1 Å². The Kier molecular flexibility index (Phi) is 3.16. The van der Waals surface area contributed by atoms with Crippen molar-refractivity contribution < 1.29 is 27.6 Å². The molecule has 0 bridgehead atoms. The second-order valence-electron chi connectivity index (χ2n) is 3.66. The van der Waals surface area contributed by atoms with Gasteiger partial charge in [0.05, 0.1) is 5.69 Å². The van der Waals surface area contributed by atoms with Crippen molar-refractivity contribution >= 4 is 17.5 Å². The molecular formula is C11H7F3N2O3. The molecule has 0 unspecified atom stereocenters. The zero-order chi connectivity index (χ0) is 14.2. The molecule has 0 fully saturated rings. The molecule has 1 aromatic carbocycles. The van der Waals surface area contributed by atoms with Crippen LogP contribution in [-0.2, 0) is 0 Å². The Morgan fingerprint density at radius 2 is 1.89 bits per heavy atom. The molecule has 19 heavy (non-hydrogen) atoms. The van der Waals surface area contributed by atoms with Gasteiger partial charge in [-0.25, -0.2) is 18.0 Å². The van der Waals surface area contributed by atoms with Crippen LogP contribution < -0.4 is 5.32 Å². The van der Waals surface area contributed by atoms with Gasteiger partial charge in [0.25, 0.3) is 0 Å². The van der Waals surface area contributed by atoms with Crippen LogP contribution in [0.2, 0.25) is 0 Å². The van der Waals surface area contributed by atoms with Crippen LogP contribution in [0.15, 0.2) is 16.7 Å². The van der Waals surface area contributed by atoms with Crippen LogP contribution in [0, 0.1) is 24.4 Å². The monoisotopic (exact) mass is 272 g/mol. The lowest BCUT2D eigenvalue weighted by Gasteiger charge is -2.04. The van der Waals surface area contributed by atoms with Crippen molar-refractivity contribution in [2.24, 2.45) is 0 Å². The number of aromatic carboxylic acids is 1. The zero-order valence-electron chi connectivity index (χ0n) is 9.50. The standard InChI is InChI=1S/C11H7F3N2O3/c1-4-8(11(17)18)10(19-16-4)15-5-2-6(12)9(14)7(13)3-5/h2-3,15H,1H3,(H,17,18). The van der Waals surface area contributed by atoms with E-state index in [1.165, 1.54) is 6.92 Å². The molecule has 0 aliphatic rings. The third kappa shape index (κ3) is 2.37. The number of carbonyl (C=O) groups is 1. The number of hydrogen-bond donors (Lipinski definition) is 2. The number of rotatable bonds is 3. The Balaban J connectivity index is 2.39. The molecule has 0 amide bonds. The Morgan fingerprint density at radius 1 is 1.32 bits per heavy atom. The molecule has 0 saturated heterocycles. The van der Waals surface area contributed by atoms with E-state index < -0.39 is 23.4 Å². The van der Waals surface area contributed by atoms with Crippen LogP contribution in [0.25, 0.3) is 0 Å². The molecule has 1 heterocycles. The second kappa shape index (κ2) is 4.63. The fourth-order valence-electron chi connectivity index (χ4n) is 1.47. The van der Waals surface area contributed by atoms with E-state index in [1.807, 2.05) is 0 Å². The maximum atomic E-state index is 13.0. The number of halogens is 3. The summed E-state index contributed by atoms with van der Waals surface area (Å²) in [6, 6.07) is 1.34. The minimum atomic E-state index is -1.61. The summed E-state index contributed by atoms with van der Waals surface area (Å²) in [5.74, 6) is -6.04. The number of hydrogen-bond acceptors (Lipinski definition) is 4. The molecule has 0 saturated carbocycles. The van der Waals surface area contributed by atoms with Gasteiger partial charge in [0.15, 0.2) is 17.5 Å². The molecule has 2 aromatic rings. The average molecular weight is 272 g/mol. The van der Waals surface area contributed by atoms with Crippen molar-refractivity contribution in [1.82, 2.24) is 5.16 Å². The van der Waals surface area contributed by atoms with E-state index in [2.05, 4.69) is 10.5 Å². The van der Waals surface area contributed by atoms with Gasteiger partial charge in [0.1, 0.15) is 5.56 Å². The Hall–Kier alpha value is -2.51. The molecule has 1 aromatic heterocycles. The van der Waals surface area contributed by atoms with Crippen molar-refractivity contribution in [2.45, 2.75) is 6.92 Å². The lowest BCUT2D eigenvalue weighted by Crippen LogP contribution is -2.02. The number of carboxylic acids is 1. The van der Waals surface area contributed by atoms with Crippen molar-refractivity contribution in [3.63, 3.8) is 0 Å². The number of benzene rings is 1. The van der Waals surface area contributed by atoms with Gasteiger partial charge in [-0.15, -0.1) is 0 Å². The molecule has 2 rings (SSSR count). The fourth-order valence-corrected chi connectivity index (χ4v) is 1.47. The minimum Gasteiger partial charge on any atom is -0.477 e. The van der Waals surface area contributed by atoms with Gasteiger partial charge in [-0.3, -0.25) is 0 Å². The van der Waals surface area contributed by atoms with Gasteiger partial charge < -0.3 is 14.9 Å². The number of carboxylic acid groups (broad SMARTS) is 1. The number of aromatic nitrogens is 1. The number of aryl methyl sites for hydroxylation is 1. The van der Waals surface area contributed by atoms with Crippen LogP contribution in [0.4, 0.5) is 24.7 Å². The maximum Gasteiger partial charge on any atom is 0.343 e. The summed E-state index contributed by atoms with van der Waals surface area (Å²) in [6.45, 7) is 1.39. The van der Waals surface area contributed by atoms with E-state index >= 15 is 0 Å². The molecule has 5 nitrogen and oxygen atoms in total. The molecule has 0 aliphatic carbocycles. The maximum absolute atomic E-state index is 13.0. The lowest BCUT2D eigenvalue weighted by molar-refractivity contribution is 0.0697. The summed E-state index contributed by atoms with van der Waals surface area (Å²) < 4.78 is 43.4. The van der Waals surface area contributed by atoms with E-state index in [4.69, 9.17) is 9.63 Å². The molecule has 0 spiro atoms. The van der Waals surface area contributed by atoms with Crippen LogP contribution in [0.5, 0.6) is 0 Å². The highest BCUT2D eigenvalue weighted by molar-refractivity contribution is 5.94. The topological polar surface area (TPSA) is 75.4 Å². The Morgan fingerprint density at radius 3 is 2.42 bits per heavy atom. The molecule has 2 N–H and O–H groups in total. The Bertz CT molecular complexity index is 632. The highest BCUT2D eigenvalue weighted by atomic mass is 19.2. The lowest BCUT2D eigenvalue weighted by atomic mass is 10.2. The SMILES string of the molecule is Cc1noc(Nc2cc(F)c(F)c(F)c2)c1C(=O)O. The number of nitrogens with one attached hydrogen (secondary N) is 1. The normalized spacial score (nSPS) is 10.5. The molecule has 0 atom stereocenters. The summed E-state index contributed by atoms with van der Waals surface area (Å²) in [5, 5.41) is 14.7. The first-order valence-corrected chi connectivity index (χ1v) is 5.01. The number of nitrogens with zero attached hydrogens (tertiary/aromatic N) is 1. The first-order valence-electron chi connectivity index (χ1n) is 5.01. The third-order valence-electron chi connectivity index (χ3n) is 2.32. The van der Waals surface area contributed by atoms with Crippen molar-refractivity contribution in [3.8, 4) is 0 Å². The summed E-state index contributed by atoms with van der Waals surface area (Å²) >= 11 is 0. The smallest absolute Gasteiger partial charge is 0.343 e. The first kappa shape index (κ1) is 12.9. The van der Waals surface area contributed by atoms with Crippen LogP contribution >= 0.6 is 0 Å². The van der Waals surface area contributed by atoms with E-state index in [9.17, 15) is 18.0 Å². The van der Waals surface area contributed by atoms with Crippen molar-refractivity contribution in [2.75, 3.05) is 5.32 Å². The molecule has 0 aliphatic heterocycles. The van der Waals surface area contributed by atoms with Crippen LogP contribution in [-0.4, -0.2) is 16.2 Å². The van der Waals surface area contributed by atoms with Crippen LogP contribution in [0.1, 0.15) is 16.1 Å². The fraction of sp³-hybridized carbons (Fsp3) is 0.0909. The van der Waals surface area contributed by atoms with E-state index in [-0.39, 0.29) is 22.8 Å². The van der Waals surface area contributed by atoms with Crippen molar-refractivity contribution in [1.29, 1.82) is 0 Å². The quantitative estimate of drug-likeness (QED) is 0.840.